The smallest absolute Gasteiger partial charge is 0.128 e. The van der Waals surface area contributed by atoms with Gasteiger partial charge in [-0.25, -0.2) is 4.39 Å². The van der Waals surface area contributed by atoms with Crippen LogP contribution in [0.2, 0.25) is 0 Å². The van der Waals surface area contributed by atoms with E-state index in [1.54, 1.807) is 6.07 Å². The maximum Gasteiger partial charge on any atom is 0.128 e. The summed E-state index contributed by atoms with van der Waals surface area (Å²) >= 11 is 0. The van der Waals surface area contributed by atoms with Gasteiger partial charge < -0.3 is 10.6 Å². The van der Waals surface area contributed by atoms with Crippen LogP contribution in [0.25, 0.3) is 0 Å². The Morgan fingerprint density at radius 2 is 1.82 bits per heavy atom. The first-order chi connectivity index (χ1) is 8.08. The van der Waals surface area contributed by atoms with Gasteiger partial charge in [-0.2, -0.15) is 0 Å². The van der Waals surface area contributed by atoms with Crippen molar-refractivity contribution in [3.05, 3.63) is 35.6 Å². The van der Waals surface area contributed by atoms with Crippen LogP contribution in [-0.4, -0.2) is 24.5 Å². The Morgan fingerprint density at radius 1 is 1.24 bits per heavy atom. The number of likely N-dealkylation sites (N-methyl/N-ethyl adjacent to an activating group) is 1. The molecule has 1 fully saturated rings. The molecule has 0 radical (unpaired) electrons. The van der Waals surface area contributed by atoms with Crippen LogP contribution < -0.4 is 5.73 Å². The fraction of sp³-hybridized carbons (Fsp3) is 0.571. The van der Waals surface area contributed by atoms with Crippen LogP contribution in [0.15, 0.2) is 24.3 Å². The van der Waals surface area contributed by atoms with E-state index >= 15 is 0 Å². The molecule has 0 spiro atoms. The van der Waals surface area contributed by atoms with Gasteiger partial charge in [-0.05, 0) is 33.0 Å². The molecule has 1 aliphatic carbocycles. The molecule has 0 bridgehead atoms. The number of rotatable bonds is 3. The number of benzene rings is 1. The van der Waals surface area contributed by atoms with Gasteiger partial charge in [0.1, 0.15) is 5.82 Å². The SMILES string of the molecule is CN(C)C1(C(N)c2ccccc2F)CCCC1. The molecule has 0 aliphatic heterocycles. The first kappa shape index (κ1) is 12.5. The van der Waals surface area contributed by atoms with Crippen molar-refractivity contribution in [3.8, 4) is 0 Å². The molecule has 0 heterocycles. The van der Waals surface area contributed by atoms with Gasteiger partial charge in [0, 0.05) is 11.1 Å². The quantitative estimate of drug-likeness (QED) is 0.874. The zero-order valence-corrected chi connectivity index (χ0v) is 10.6. The Labute approximate surface area is 103 Å². The molecule has 94 valence electrons. The molecule has 0 amide bonds. The standard InChI is InChI=1S/C14H21FN2/c1-17(2)14(9-5-6-10-14)13(16)11-7-3-4-8-12(11)15/h3-4,7-8,13H,5-6,9-10,16H2,1-2H3. The van der Waals surface area contributed by atoms with Crippen molar-refractivity contribution in [2.75, 3.05) is 14.1 Å². The average molecular weight is 236 g/mol. The van der Waals surface area contributed by atoms with E-state index in [1.165, 1.54) is 18.9 Å². The summed E-state index contributed by atoms with van der Waals surface area (Å²) < 4.78 is 13.8. The fourth-order valence-corrected chi connectivity index (χ4v) is 3.04. The lowest BCUT2D eigenvalue weighted by atomic mass is 9.83. The van der Waals surface area contributed by atoms with E-state index in [0.29, 0.717) is 5.56 Å². The lowest BCUT2D eigenvalue weighted by Gasteiger charge is -2.41. The second-order valence-corrected chi connectivity index (χ2v) is 5.20. The highest BCUT2D eigenvalue weighted by molar-refractivity contribution is 5.25. The van der Waals surface area contributed by atoms with Gasteiger partial charge in [-0.1, -0.05) is 31.0 Å². The highest BCUT2D eigenvalue weighted by Gasteiger charge is 2.42. The first-order valence-corrected chi connectivity index (χ1v) is 6.25. The summed E-state index contributed by atoms with van der Waals surface area (Å²) in [5.74, 6) is -0.187. The minimum Gasteiger partial charge on any atom is -0.322 e. The van der Waals surface area contributed by atoms with E-state index in [1.807, 2.05) is 26.2 Å². The molecule has 2 N–H and O–H groups in total. The molecule has 1 aromatic rings. The Morgan fingerprint density at radius 3 is 2.35 bits per heavy atom. The van der Waals surface area contributed by atoms with E-state index in [4.69, 9.17) is 5.73 Å². The molecule has 0 saturated heterocycles. The minimum absolute atomic E-state index is 0.0812. The number of hydrogen-bond donors (Lipinski definition) is 1. The molecule has 1 aliphatic rings. The van der Waals surface area contributed by atoms with E-state index < -0.39 is 0 Å². The molecule has 0 aromatic heterocycles. The van der Waals surface area contributed by atoms with Crippen molar-refractivity contribution < 1.29 is 4.39 Å². The van der Waals surface area contributed by atoms with Gasteiger partial charge in [0.15, 0.2) is 0 Å². The molecule has 2 nitrogen and oxygen atoms in total. The van der Waals surface area contributed by atoms with Crippen molar-refractivity contribution in [1.82, 2.24) is 4.90 Å². The lowest BCUT2D eigenvalue weighted by Crippen LogP contribution is -2.50. The first-order valence-electron chi connectivity index (χ1n) is 6.25. The van der Waals surface area contributed by atoms with Crippen LogP contribution in [0.4, 0.5) is 4.39 Å². The summed E-state index contributed by atoms with van der Waals surface area (Å²) in [7, 11) is 4.10. The lowest BCUT2D eigenvalue weighted by molar-refractivity contribution is 0.121. The summed E-state index contributed by atoms with van der Waals surface area (Å²) in [5.41, 5.74) is 6.92. The van der Waals surface area contributed by atoms with Gasteiger partial charge >= 0.3 is 0 Å². The summed E-state index contributed by atoms with van der Waals surface area (Å²) in [6.45, 7) is 0. The summed E-state index contributed by atoms with van der Waals surface area (Å²) in [6, 6.07) is 6.62. The van der Waals surface area contributed by atoms with Crippen molar-refractivity contribution in [2.24, 2.45) is 5.73 Å². The number of nitrogens with zero attached hydrogens (tertiary/aromatic N) is 1. The van der Waals surface area contributed by atoms with Crippen molar-refractivity contribution >= 4 is 0 Å². The largest absolute Gasteiger partial charge is 0.322 e. The molecule has 2 rings (SSSR count). The monoisotopic (exact) mass is 236 g/mol. The van der Waals surface area contributed by atoms with Crippen molar-refractivity contribution in [1.29, 1.82) is 0 Å². The van der Waals surface area contributed by atoms with Gasteiger partial charge in [-0.3, -0.25) is 0 Å². The number of halogens is 1. The highest BCUT2D eigenvalue weighted by atomic mass is 19.1. The molecule has 17 heavy (non-hydrogen) atoms. The Balaban J connectivity index is 2.35. The van der Waals surface area contributed by atoms with Crippen LogP contribution in [0.3, 0.4) is 0 Å². The van der Waals surface area contributed by atoms with Gasteiger partial charge in [0.05, 0.1) is 6.04 Å². The molecule has 3 heteroatoms. The third-order valence-electron chi connectivity index (χ3n) is 4.18. The molecular weight excluding hydrogens is 215 g/mol. The van der Waals surface area contributed by atoms with Gasteiger partial charge in [-0.15, -0.1) is 0 Å². The van der Waals surface area contributed by atoms with E-state index in [-0.39, 0.29) is 17.4 Å². The summed E-state index contributed by atoms with van der Waals surface area (Å²) in [5, 5.41) is 0. The predicted molar refractivity (Wildman–Crippen MR) is 68.2 cm³/mol. The second kappa shape index (κ2) is 4.75. The highest BCUT2D eigenvalue weighted by Crippen LogP contribution is 2.42. The summed E-state index contributed by atoms with van der Waals surface area (Å²) in [4.78, 5) is 2.18. The molecular formula is C14H21FN2. The second-order valence-electron chi connectivity index (χ2n) is 5.20. The van der Waals surface area contributed by atoms with Crippen LogP contribution >= 0.6 is 0 Å². The molecule has 1 atom stereocenters. The molecule has 1 saturated carbocycles. The van der Waals surface area contributed by atoms with Gasteiger partial charge in [0.2, 0.25) is 0 Å². The fourth-order valence-electron chi connectivity index (χ4n) is 3.04. The van der Waals surface area contributed by atoms with Crippen molar-refractivity contribution in [2.45, 2.75) is 37.3 Å². The van der Waals surface area contributed by atoms with Crippen LogP contribution in [0.5, 0.6) is 0 Å². The maximum atomic E-state index is 13.8. The Bertz CT molecular complexity index is 384. The summed E-state index contributed by atoms with van der Waals surface area (Å²) in [6.07, 6.45) is 4.46. The minimum atomic E-state index is -0.249. The average Bonchev–Trinajstić information content (AvgIpc) is 2.79. The molecule has 1 unspecified atom stereocenters. The van der Waals surface area contributed by atoms with E-state index in [9.17, 15) is 4.39 Å². The normalized spacial score (nSPS) is 20.8. The zero-order chi connectivity index (χ0) is 12.5. The van der Waals surface area contributed by atoms with E-state index in [0.717, 1.165) is 12.8 Å². The van der Waals surface area contributed by atoms with E-state index in [2.05, 4.69) is 4.90 Å². The third-order valence-corrected chi connectivity index (χ3v) is 4.18. The van der Waals surface area contributed by atoms with Crippen LogP contribution in [0.1, 0.15) is 37.3 Å². The Hall–Kier alpha value is -0.930. The predicted octanol–water partition coefficient (Wildman–Crippen LogP) is 2.70. The molecule has 1 aromatic carbocycles. The maximum absolute atomic E-state index is 13.8. The van der Waals surface area contributed by atoms with Gasteiger partial charge in [0.25, 0.3) is 0 Å². The van der Waals surface area contributed by atoms with Crippen LogP contribution in [0, 0.1) is 5.82 Å². The Kier molecular flexibility index (Phi) is 3.50. The number of hydrogen-bond acceptors (Lipinski definition) is 2. The zero-order valence-electron chi connectivity index (χ0n) is 10.6. The number of nitrogens with two attached hydrogens (primary N) is 1. The van der Waals surface area contributed by atoms with Crippen LogP contribution in [-0.2, 0) is 0 Å². The third kappa shape index (κ3) is 2.09. The van der Waals surface area contributed by atoms with Crippen molar-refractivity contribution in [3.63, 3.8) is 0 Å². The topological polar surface area (TPSA) is 29.3 Å².